The Balaban J connectivity index is 1.46. The Morgan fingerprint density at radius 3 is 2.38 bits per heavy atom. The van der Waals surface area contributed by atoms with Gasteiger partial charge in [-0.1, -0.05) is 47.5 Å². The molecule has 0 spiro atoms. The molecule has 0 amide bonds. The van der Waals surface area contributed by atoms with Gasteiger partial charge in [-0.2, -0.15) is 26.3 Å². The summed E-state index contributed by atoms with van der Waals surface area (Å²) in [5.74, 6) is -2.96. The summed E-state index contributed by atoms with van der Waals surface area (Å²) in [5, 5.41) is 1.70. The van der Waals surface area contributed by atoms with Crippen LogP contribution < -0.4 is 10.2 Å². The number of nitrogens with zero attached hydrogens (tertiary/aromatic N) is 2. The molecule has 1 aliphatic heterocycles. The zero-order chi connectivity index (χ0) is 29.0. The fourth-order valence-corrected chi connectivity index (χ4v) is 5.39. The lowest BCUT2D eigenvalue weighted by Gasteiger charge is -2.33. The van der Waals surface area contributed by atoms with Crippen LogP contribution in [0.4, 0.5) is 46.8 Å². The normalized spacial score (nSPS) is 18.1. The highest BCUT2D eigenvalue weighted by atomic mass is 35.5. The molecule has 1 saturated heterocycles. The van der Waals surface area contributed by atoms with Crippen molar-refractivity contribution < 1.29 is 35.1 Å². The van der Waals surface area contributed by atoms with E-state index in [-0.39, 0.29) is 17.9 Å². The maximum atomic E-state index is 14.8. The lowest BCUT2D eigenvalue weighted by atomic mass is 9.78. The molecule has 2 aromatic heterocycles. The standard InChI is InChI=1S/C26H18Cl2F8N4/c27-16-10-15(21(29)20(28)22(16)30)24(26(34,35)36)7-8-40(12-24)19-6-5-14(23(39-19)25(31,32)33)11-37-18-9-13-3-1-2-4-17(13)38-18/h1-6,9-10,37-38H,7-8,11-12H2. The van der Waals surface area contributed by atoms with Gasteiger partial charge in [0, 0.05) is 41.7 Å². The highest BCUT2D eigenvalue weighted by Crippen LogP contribution is 2.51. The number of fused-ring (bicyclic) bond motifs is 1. The Labute approximate surface area is 231 Å². The van der Waals surface area contributed by atoms with Crippen molar-refractivity contribution >= 4 is 45.7 Å². The summed E-state index contributed by atoms with van der Waals surface area (Å²) in [7, 11) is 0. The minimum absolute atomic E-state index is 0.237. The molecule has 40 heavy (non-hydrogen) atoms. The number of H-pyrrole nitrogens is 1. The first-order valence-electron chi connectivity index (χ1n) is 11.8. The number of hydrogen-bond acceptors (Lipinski definition) is 3. The van der Waals surface area contributed by atoms with Crippen molar-refractivity contribution in [2.75, 3.05) is 23.3 Å². The van der Waals surface area contributed by atoms with Gasteiger partial charge in [0.2, 0.25) is 0 Å². The molecular formula is C26H18Cl2F8N4. The molecule has 0 bridgehead atoms. The Morgan fingerprint density at radius 2 is 1.70 bits per heavy atom. The van der Waals surface area contributed by atoms with Crippen molar-refractivity contribution in [1.82, 2.24) is 9.97 Å². The molecule has 1 fully saturated rings. The van der Waals surface area contributed by atoms with Gasteiger partial charge in [-0.3, -0.25) is 0 Å². The van der Waals surface area contributed by atoms with Crippen LogP contribution in [0.15, 0.2) is 48.5 Å². The van der Waals surface area contributed by atoms with E-state index in [0.717, 1.165) is 21.9 Å². The fourth-order valence-electron chi connectivity index (χ4n) is 4.93. The van der Waals surface area contributed by atoms with Gasteiger partial charge in [-0.05, 0) is 30.7 Å². The van der Waals surface area contributed by atoms with Crippen LogP contribution in [-0.2, 0) is 18.1 Å². The molecule has 4 nitrogen and oxygen atoms in total. The third kappa shape index (κ3) is 4.91. The first-order valence-corrected chi connectivity index (χ1v) is 12.5. The number of nitrogens with one attached hydrogen (secondary N) is 2. The van der Waals surface area contributed by atoms with Crippen molar-refractivity contribution in [1.29, 1.82) is 0 Å². The number of alkyl halides is 6. The molecule has 0 aliphatic carbocycles. The summed E-state index contributed by atoms with van der Waals surface area (Å²) < 4.78 is 114. The van der Waals surface area contributed by atoms with Gasteiger partial charge in [0.25, 0.3) is 0 Å². The second kappa shape index (κ2) is 9.99. The maximum Gasteiger partial charge on any atom is 0.433 e. The predicted octanol–water partition coefficient (Wildman–Crippen LogP) is 8.49. The Bertz CT molecular complexity index is 1550. The Morgan fingerprint density at radius 1 is 0.975 bits per heavy atom. The van der Waals surface area contributed by atoms with E-state index < -0.39 is 70.2 Å². The first kappa shape index (κ1) is 28.3. The SMILES string of the molecule is Fc1c(Cl)cc(C2(C(F)(F)F)CCN(c3ccc(CNc4cc5ccccc5[nH]4)c(C(F)(F)F)n3)C2)c(F)c1Cl. The number of aromatic amines is 1. The quantitative estimate of drug-likeness (QED) is 0.136. The third-order valence-electron chi connectivity index (χ3n) is 6.99. The highest BCUT2D eigenvalue weighted by Gasteiger charge is 2.61. The minimum atomic E-state index is -5.08. The van der Waals surface area contributed by atoms with Crippen molar-refractivity contribution in [3.8, 4) is 0 Å². The van der Waals surface area contributed by atoms with Gasteiger partial charge in [-0.25, -0.2) is 13.8 Å². The average Bonchev–Trinajstić information content (AvgIpc) is 3.53. The van der Waals surface area contributed by atoms with E-state index in [2.05, 4.69) is 15.3 Å². The second-order valence-corrected chi connectivity index (χ2v) is 10.2. The summed E-state index contributed by atoms with van der Waals surface area (Å²) in [6.45, 7) is -1.68. The van der Waals surface area contributed by atoms with Crippen LogP contribution in [-0.4, -0.2) is 29.2 Å². The van der Waals surface area contributed by atoms with Gasteiger partial charge in [-0.15, -0.1) is 0 Å². The lowest BCUT2D eigenvalue weighted by Crippen LogP contribution is -2.45. The van der Waals surface area contributed by atoms with E-state index in [9.17, 15) is 35.1 Å². The van der Waals surface area contributed by atoms with Crippen molar-refractivity contribution in [3.63, 3.8) is 0 Å². The molecule has 0 radical (unpaired) electrons. The average molecular weight is 609 g/mol. The van der Waals surface area contributed by atoms with Crippen LogP contribution in [0.3, 0.4) is 0 Å². The number of pyridine rings is 1. The summed E-state index contributed by atoms with van der Waals surface area (Å²) >= 11 is 11.2. The van der Waals surface area contributed by atoms with E-state index in [4.69, 9.17) is 23.2 Å². The molecule has 14 heteroatoms. The zero-order valence-corrected chi connectivity index (χ0v) is 21.6. The summed E-state index contributed by atoms with van der Waals surface area (Å²) in [5.41, 5.74) is -4.66. The van der Waals surface area contributed by atoms with E-state index in [1.807, 2.05) is 12.1 Å². The Hall–Kier alpha value is -3.25. The van der Waals surface area contributed by atoms with Crippen LogP contribution in [0.1, 0.15) is 23.2 Å². The number of aromatic nitrogens is 2. The summed E-state index contributed by atoms with van der Waals surface area (Å²) in [6.07, 6.45) is -10.7. The van der Waals surface area contributed by atoms with Gasteiger partial charge < -0.3 is 15.2 Å². The van der Waals surface area contributed by atoms with Gasteiger partial charge in [0.15, 0.2) is 11.5 Å². The van der Waals surface area contributed by atoms with Gasteiger partial charge >= 0.3 is 12.4 Å². The second-order valence-electron chi connectivity index (χ2n) is 9.40. The van der Waals surface area contributed by atoms with Crippen LogP contribution in [0.5, 0.6) is 0 Å². The number of halogens is 10. The van der Waals surface area contributed by atoms with Crippen LogP contribution in [0.2, 0.25) is 10.0 Å². The predicted molar refractivity (Wildman–Crippen MR) is 136 cm³/mol. The highest BCUT2D eigenvalue weighted by molar-refractivity contribution is 6.35. The number of rotatable bonds is 5. The van der Waals surface area contributed by atoms with Gasteiger partial charge in [0.1, 0.15) is 27.9 Å². The molecule has 212 valence electrons. The smallest absolute Gasteiger partial charge is 0.367 e. The third-order valence-corrected chi connectivity index (χ3v) is 7.59. The van der Waals surface area contributed by atoms with E-state index in [1.54, 1.807) is 18.2 Å². The van der Waals surface area contributed by atoms with Crippen LogP contribution in [0.25, 0.3) is 10.9 Å². The Kier molecular flexibility index (Phi) is 7.06. The zero-order valence-electron chi connectivity index (χ0n) is 20.1. The number of hydrogen-bond donors (Lipinski definition) is 2. The molecule has 2 N–H and O–H groups in total. The number of benzene rings is 2. The van der Waals surface area contributed by atoms with Crippen molar-refractivity contribution in [2.45, 2.75) is 30.7 Å². The molecule has 1 aliphatic rings. The largest absolute Gasteiger partial charge is 0.433 e. The monoisotopic (exact) mass is 608 g/mol. The number of anilines is 2. The fraction of sp³-hybridized carbons (Fsp3) is 0.269. The molecule has 0 saturated carbocycles. The van der Waals surface area contributed by atoms with Crippen molar-refractivity contribution in [3.05, 3.63) is 87.0 Å². The topological polar surface area (TPSA) is 44.0 Å². The van der Waals surface area contributed by atoms with Crippen molar-refractivity contribution in [2.24, 2.45) is 0 Å². The first-order chi connectivity index (χ1) is 18.7. The number of para-hydroxylation sites is 1. The van der Waals surface area contributed by atoms with E-state index in [1.165, 1.54) is 6.07 Å². The summed E-state index contributed by atoms with van der Waals surface area (Å²) in [4.78, 5) is 7.68. The molecule has 5 rings (SSSR count). The molecule has 3 heterocycles. The van der Waals surface area contributed by atoms with Crippen LogP contribution in [0, 0.1) is 11.6 Å². The van der Waals surface area contributed by atoms with E-state index in [0.29, 0.717) is 11.9 Å². The lowest BCUT2D eigenvalue weighted by molar-refractivity contribution is -0.185. The van der Waals surface area contributed by atoms with E-state index >= 15 is 0 Å². The summed E-state index contributed by atoms with van der Waals surface area (Å²) in [6, 6.07) is 11.8. The maximum absolute atomic E-state index is 14.8. The van der Waals surface area contributed by atoms with Crippen LogP contribution >= 0.6 is 23.2 Å². The minimum Gasteiger partial charge on any atom is -0.367 e. The molecule has 2 aromatic carbocycles. The molecule has 4 aromatic rings. The van der Waals surface area contributed by atoms with Gasteiger partial charge in [0.05, 0.1) is 5.02 Å². The molecule has 1 unspecified atom stereocenters. The molecular weight excluding hydrogens is 591 g/mol. The molecule has 1 atom stereocenters.